The quantitative estimate of drug-likeness (QED) is 0.873. The molecule has 0 saturated heterocycles. The third-order valence-corrected chi connectivity index (χ3v) is 4.00. The van der Waals surface area contributed by atoms with Gasteiger partial charge in [0.2, 0.25) is 5.95 Å². The maximum absolute atomic E-state index is 6.07. The predicted molar refractivity (Wildman–Crippen MR) is 84.4 cm³/mol. The average molecular weight is 286 g/mol. The second-order valence-electron chi connectivity index (χ2n) is 5.52. The van der Waals surface area contributed by atoms with Crippen LogP contribution in [0.3, 0.4) is 0 Å². The molecule has 2 heterocycles. The van der Waals surface area contributed by atoms with Crippen LogP contribution in [0.25, 0.3) is 0 Å². The topological polar surface area (TPSA) is 56.3 Å². The molecule has 0 bridgehead atoms. The molecular formula is C16H22N4O. The van der Waals surface area contributed by atoms with E-state index in [0.717, 1.165) is 43.4 Å². The van der Waals surface area contributed by atoms with Crippen molar-refractivity contribution in [3.8, 4) is 0 Å². The van der Waals surface area contributed by atoms with E-state index in [-0.39, 0.29) is 0 Å². The van der Waals surface area contributed by atoms with Gasteiger partial charge in [-0.3, -0.25) is 0 Å². The number of nitrogens with two attached hydrogens (primary N) is 1. The SMILES string of the molecule is COCCn1cc(C)nc1N1CCc2c(N)cccc2C1. The minimum absolute atomic E-state index is 0.695. The van der Waals surface area contributed by atoms with Crippen LogP contribution in [-0.4, -0.2) is 29.8 Å². The summed E-state index contributed by atoms with van der Waals surface area (Å²) in [6.07, 6.45) is 3.06. The molecule has 5 nitrogen and oxygen atoms in total. The monoisotopic (exact) mass is 286 g/mol. The standard InChI is InChI=1S/C16H22N4O/c1-12-10-20(8-9-21-2)16(18-12)19-7-6-14-13(11-19)4-3-5-15(14)17/h3-5,10H,6-9,11,17H2,1-2H3. The number of hydrogen-bond donors (Lipinski definition) is 1. The van der Waals surface area contributed by atoms with Crippen LogP contribution in [-0.2, 0) is 24.2 Å². The number of nitrogens with zero attached hydrogens (tertiary/aromatic N) is 3. The van der Waals surface area contributed by atoms with Crippen molar-refractivity contribution in [3.05, 3.63) is 41.2 Å². The highest BCUT2D eigenvalue weighted by atomic mass is 16.5. The molecule has 112 valence electrons. The lowest BCUT2D eigenvalue weighted by atomic mass is 9.98. The van der Waals surface area contributed by atoms with E-state index >= 15 is 0 Å². The fourth-order valence-corrected chi connectivity index (χ4v) is 2.95. The zero-order valence-electron chi connectivity index (χ0n) is 12.7. The first-order valence-corrected chi connectivity index (χ1v) is 7.33. The van der Waals surface area contributed by atoms with Crippen LogP contribution >= 0.6 is 0 Å². The van der Waals surface area contributed by atoms with Gasteiger partial charge in [-0.2, -0.15) is 0 Å². The number of nitrogen functional groups attached to an aromatic ring is 1. The third-order valence-electron chi connectivity index (χ3n) is 4.00. The van der Waals surface area contributed by atoms with Gasteiger partial charge in [-0.25, -0.2) is 4.98 Å². The molecular weight excluding hydrogens is 264 g/mol. The Morgan fingerprint density at radius 3 is 3.05 bits per heavy atom. The Hall–Kier alpha value is -2.01. The second-order valence-corrected chi connectivity index (χ2v) is 5.52. The summed E-state index contributed by atoms with van der Waals surface area (Å²) in [6, 6.07) is 6.17. The molecule has 5 heteroatoms. The Kier molecular flexibility index (Phi) is 3.84. The molecule has 21 heavy (non-hydrogen) atoms. The van der Waals surface area contributed by atoms with E-state index in [1.165, 1.54) is 11.1 Å². The maximum Gasteiger partial charge on any atom is 0.206 e. The number of aryl methyl sites for hydroxylation is 1. The summed E-state index contributed by atoms with van der Waals surface area (Å²) < 4.78 is 7.36. The molecule has 0 fully saturated rings. The number of benzene rings is 1. The van der Waals surface area contributed by atoms with Gasteiger partial charge in [0.15, 0.2) is 0 Å². The van der Waals surface area contributed by atoms with E-state index in [1.807, 2.05) is 19.1 Å². The average Bonchev–Trinajstić information content (AvgIpc) is 2.86. The number of imidazole rings is 1. The molecule has 2 aromatic rings. The predicted octanol–water partition coefficient (Wildman–Crippen LogP) is 1.98. The normalized spacial score (nSPS) is 14.3. The van der Waals surface area contributed by atoms with E-state index in [4.69, 9.17) is 10.5 Å². The summed E-state index contributed by atoms with van der Waals surface area (Å²) in [6.45, 7) is 5.37. The molecule has 0 radical (unpaired) electrons. The number of aromatic nitrogens is 2. The van der Waals surface area contributed by atoms with Crippen LogP contribution in [0.15, 0.2) is 24.4 Å². The Morgan fingerprint density at radius 2 is 2.24 bits per heavy atom. The molecule has 1 aliphatic rings. The van der Waals surface area contributed by atoms with Crippen molar-refractivity contribution in [2.45, 2.75) is 26.4 Å². The van der Waals surface area contributed by atoms with Crippen molar-refractivity contribution in [1.29, 1.82) is 0 Å². The van der Waals surface area contributed by atoms with Gasteiger partial charge in [-0.15, -0.1) is 0 Å². The fraction of sp³-hybridized carbons (Fsp3) is 0.438. The van der Waals surface area contributed by atoms with Gasteiger partial charge in [-0.05, 0) is 30.5 Å². The third kappa shape index (κ3) is 2.74. The Labute approximate surface area is 125 Å². The summed E-state index contributed by atoms with van der Waals surface area (Å²) in [7, 11) is 1.73. The summed E-state index contributed by atoms with van der Waals surface area (Å²) in [5, 5.41) is 0. The Bertz CT molecular complexity index is 635. The van der Waals surface area contributed by atoms with Crippen molar-refractivity contribution >= 4 is 11.6 Å². The van der Waals surface area contributed by atoms with Gasteiger partial charge in [-0.1, -0.05) is 12.1 Å². The van der Waals surface area contributed by atoms with Gasteiger partial charge >= 0.3 is 0 Å². The molecule has 0 unspecified atom stereocenters. The highest BCUT2D eigenvalue weighted by Gasteiger charge is 2.21. The zero-order valence-corrected chi connectivity index (χ0v) is 12.7. The molecule has 3 rings (SSSR count). The lowest BCUT2D eigenvalue weighted by Crippen LogP contribution is -2.33. The first-order valence-electron chi connectivity index (χ1n) is 7.33. The van der Waals surface area contributed by atoms with E-state index in [1.54, 1.807) is 7.11 Å². The molecule has 0 atom stereocenters. The second kappa shape index (κ2) is 5.77. The van der Waals surface area contributed by atoms with Gasteiger partial charge < -0.3 is 19.9 Å². The first kappa shape index (κ1) is 13.9. The van der Waals surface area contributed by atoms with E-state index < -0.39 is 0 Å². The Balaban J connectivity index is 1.86. The number of ether oxygens (including phenoxy) is 1. The number of rotatable bonds is 4. The van der Waals surface area contributed by atoms with Crippen molar-refractivity contribution in [2.24, 2.45) is 0 Å². The molecule has 0 amide bonds. The zero-order chi connectivity index (χ0) is 14.8. The van der Waals surface area contributed by atoms with E-state index in [0.29, 0.717) is 6.61 Å². The van der Waals surface area contributed by atoms with Crippen LogP contribution in [0.1, 0.15) is 16.8 Å². The van der Waals surface area contributed by atoms with Crippen molar-refractivity contribution < 1.29 is 4.74 Å². The van der Waals surface area contributed by atoms with Gasteiger partial charge in [0.05, 0.1) is 12.3 Å². The fourth-order valence-electron chi connectivity index (χ4n) is 2.95. The van der Waals surface area contributed by atoms with Gasteiger partial charge in [0, 0.05) is 38.6 Å². The highest BCUT2D eigenvalue weighted by Crippen LogP contribution is 2.27. The molecule has 0 spiro atoms. The summed E-state index contributed by atoms with van der Waals surface area (Å²) in [5.74, 6) is 1.03. The van der Waals surface area contributed by atoms with Gasteiger partial charge in [0.25, 0.3) is 0 Å². The van der Waals surface area contributed by atoms with Crippen molar-refractivity contribution in [2.75, 3.05) is 30.9 Å². The lowest BCUT2D eigenvalue weighted by molar-refractivity contribution is 0.187. The van der Waals surface area contributed by atoms with Crippen LogP contribution in [0.4, 0.5) is 11.6 Å². The Morgan fingerprint density at radius 1 is 1.38 bits per heavy atom. The summed E-state index contributed by atoms with van der Waals surface area (Å²) in [4.78, 5) is 7.01. The summed E-state index contributed by atoms with van der Waals surface area (Å²) in [5.41, 5.74) is 10.6. The maximum atomic E-state index is 6.07. The lowest BCUT2D eigenvalue weighted by Gasteiger charge is -2.30. The smallest absolute Gasteiger partial charge is 0.206 e. The largest absolute Gasteiger partial charge is 0.398 e. The number of hydrogen-bond acceptors (Lipinski definition) is 4. The minimum Gasteiger partial charge on any atom is -0.398 e. The molecule has 1 aromatic carbocycles. The van der Waals surface area contributed by atoms with Crippen LogP contribution in [0.2, 0.25) is 0 Å². The molecule has 0 saturated carbocycles. The van der Waals surface area contributed by atoms with Crippen LogP contribution < -0.4 is 10.6 Å². The van der Waals surface area contributed by atoms with Crippen LogP contribution in [0, 0.1) is 6.92 Å². The van der Waals surface area contributed by atoms with Crippen molar-refractivity contribution in [3.63, 3.8) is 0 Å². The van der Waals surface area contributed by atoms with Crippen LogP contribution in [0.5, 0.6) is 0 Å². The number of anilines is 2. The molecule has 1 aromatic heterocycles. The van der Waals surface area contributed by atoms with E-state index in [9.17, 15) is 0 Å². The molecule has 0 aliphatic carbocycles. The first-order chi connectivity index (χ1) is 10.2. The minimum atomic E-state index is 0.695. The van der Waals surface area contributed by atoms with E-state index in [2.05, 4.69) is 26.7 Å². The summed E-state index contributed by atoms with van der Waals surface area (Å²) >= 11 is 0. The molecule has 1 aliphatic heterocycles. The van der Waals surface area contributed by atoms with Crippen molar-refractivity contribution in [1.82, 2.24) is 9.55 Å². The molecule has 2 N–H and O–H groups in total. The highest BCUT2D eigenvalue weighted by molar-refractivity contribution is 5.54. The van der Waals surface area contributed by atoms with Gasteiger partial charge in [0.1, 0.15) is 0 Å². The number of fused-ring (bicyclic) bond motifs is 1. The number of methoxy groups -OCH3 is 1.